The molecule has 0 radical (unpaired) electrons. The molecule has 10 rings (SSSR count). The van der Waals surface area contributed by atoms with Gasteiger partial charge in [0.15, 0.2) is 0 Å². The molecule has 9 aromatic carbocycles. The van der Waals surface area contributed by atoms with E-state index >= 15 is 0 Å². The number of hydrogen-bond donors (Lipinski definition) is 0. The Bertz CT molecular complexity index is 3360. The van der Waals surface area contributed by atoms with Crippen molar-refractivity contribution in [3.8, 4) is 66.8 Å². The fourth-order valence-corrected chi connectivity index (χ4v) is 12.2. The maximum absolute atomic E-state index is 4.06. The van der Waals surface area contributed by atoms with Crippen LogP contribution in [0.4, 0.5) is 0 Å². The molecule has 1 unspecified atom stereocenters. The van der Waals surface area contributed by atoms with Gasteiger partial charge in [0.2, 0.25) is 0 Å². The lowest BCUT2D eigenvalue weighted by molar-refractivity contribution is 1.58. The van der Waals surface area contributed by atoms with Crippen molar-refractivity contribution in [2.24, 2.45) is 0 Å². The molecule has 9 aromatic rings. The highest BCUT2D eigenvalue weighted by Crippen LogP contribution is 2.58. The molecule has 0 bridgehead atoms. The minimum atomic E-state index is -0.775. The Kier molecular flexibility index (Phi) is 11.6. The zero-order chi connectivity index (χ0) is 44.3. The Balaban J connectivity index is 1.18. The molecule has 0 amide bonds. The molecular formula is C64H49P. The lowest BCUT2D eigenvalue weighted by Crippen LogP contribution is -2.12. The molecule has 1 aliphatic rings. The first kappa shape index (κ1) is 41.4. The summed E-state index contributed by atoms with van der Waals surface area (Å²) in [6.07, 6.45) is 16.6. The molecule has 1 atom stereocenters. The molecule has 0 saturated carbocycles. The molecule has 0 N–H and O–H groups in total. The fourth-order valence-electron chi connectivity index (χ4n) is 9.81. The highest BCUT2D eigenvalue weighted by molar-refractivity contribution is 7.77. The molecule has 0 saturated heterocycles. The van der Waals surface area contributed by atoms with Crippen molar-refractivity contribution >= 4 is 45.6 Å². The van der Waals surface area contributed by atoms with Gasteiger partial charge in [0.1, 0.15) is 0 Å². The van der Waals surface area contributed by atoms with Crippen molar-refractivity contribution in [2.75, 3.05) is 0 Å². The highest BCUT2D eigenvalue weighted by atomic mass is 31.1. The third-order valence-electron chi connectivity index (χ3n) is 12.6. The summed E-state index contributed by atoms with van der Waals surface area (Å²) >= 11 is 0. The van der Waals surface area contributed by atoms with E-state index in [1.54, 1.807) is 0 Å². The van der Waals surface area contributed by atoms with Crippen LogP contribution in [0, 0.1) is 0 Å². The number of allylic oxidation sites excluding steroid dienone is 10. The predicted molar refractivity (Wildman–Crippen MR) is 286 cm³/mol. The van der Waals surface area contributed by atoms with E-state index in [9.17, 15) is 0 Å². The van der Waals surface area contributed by atoms with Crippen LogP contribution in [-0.4, -0.2) is 0 Å². The average Bonchev–Trinajstić information content (AvgIpc) is 3.69. The number of benzene rings is 9. The van der Waals surface area contributed by atoms with Gasteiger partial charge in [-0.2, -0.15) is 0 Å². The quantitative estimate of drug-likeness (QED) is 0.0849. The summed E-state index contributed by atoms with van der Waals surface area (Å²) in [6, 6.07) is 69.9. The Labute approximate surface area is 385 Å². The van der Waals surface area contributed by atoms with Crippen molar-refractivity contribution in [1.82, 2.24) is 0 Å². The van der Waals surface area contributed by atoms with Crippen LogP contribution in [0.15, 0.2) is 255 Å². The third kappa shape index (κ3) is 7.57. The van der Waals surface area contributed by atoms with Gasteiger partial charge in [-0.3, -0.25) is 0 Å². The molecule has 0 heterocycles. The van der Waals surface area contributed by atoms with E-state index in [4.69, 9.17) is 0 Å². The topological polar surface area (TPSA) is 0 Å². The van der Waals surface area contributed by atoms with Gasteiger partial charge in [-0.05, 0) is 137 Å². The monoisotopic (exact) mass is 848 g/mol. The second-order valence-electron chi connectivity index (χ2n) is 16.4. The van der Waals surface area contributed by atoms with Gasteiger partial charge < -0.3 is 0 Å². The van der Waals surface area contributed by atoms with Gasteiger partial charge in [-0.15, -0.1) is 0 Å². The van der Waals surface area contributed by atoms with Crippen molar-refractivity contribution in [1.29, 1.82) is 0 Å². The maximum Gasteiger partial charge on any atom is -0.000741 e. The minimum Gasteiger partial charge on any atom is -0.0990 e. The first-order valence-electron chi connectivity index (χ1n) is 22.4. The summed E-state index contributed by atoms with van der Waals surface area (Å²) in [6.45, 7) is 12.2. The molecule has 0 aromatic heterocycles. The van der Waals surface area contributed by atoms with Crippen LogP contribution < -0.4 is 10.6 Å². The van der Waals surface area contributed by atoms with Crippen LogP contribution in [0.5, 0.6) is 0 Å². The highest BCUT2D eigenvalue weighted by Gasteiger charge is 2.31. The average molecular weight is 849 g/mol. The summed E-state index contributed by atoms with van der Waals surface area (Å²) in [5, 5.41) is 8.96. The van der Waals surface area contributed by atoms with Crippen LogP contribution in [-0.2, 0) is 0 Å². The van der Waals surface area contributed by atoms with Gasteiger partial charge in [0.25, 0.3) is 0 Å². The first-order chi connectivity index (χ1) is 32.1. The van der Waals surface area contributed by atoms with E-state index in [1.807, 2.05) is 12.2 Å². The van der Waals surface area contributed by atoms with E-state index in [0.29, 0.717) is 0 Å². The molecule has 0 nitrogen and oxygen atoms in total. The summed E-state index contributed by atoms with van der Waals surface area (Å²) in [7, 11) is -0.775. The van der Waals surface area contributed by atoms with Crippen LogP contribution in [0.3, 0.4) is 0 Å². The zero-order valence-electron chi connectivity index (χ0n) is 36.9. The smallest absolute Gasteiger partial charge is 0.000741 e. The van der Waals surface area contributed by atoms with Gasteiger partial charge in [-0.1, -0.05) is 250 Å². The fraction of sp³-hybridized carbons (Fsp3) is 0.0312. The molecular weight excluding hydrogens is 800 g/mol. The number of hydrogen-bond acceptors (Lipinski definition) is 0. The van der Waals surface area contributed by atoms with Gasteiger partial charge in [-0.25, -0.2) is 0 Å². The standard InChI is InChI=1S/C64H49P/c1-5-18-44(19-6-2)46-30-34-49(35-31-46)60-56-26-15-16-27-57(56)61(50-36-32-47(33-37-50)45-22-11-9-12-23-45)64-59-43-42-54(55-28-17-29-58(62(55)59)63(60)64)48-38-40-53(41-39-48)65(51(20-7-3)21-8-4)52-24-13-10-14-25-52/h5-43H,1,3H2,2,4H3/b19-6-,21-8-,44-18+,51-20+. The Morgan fingerprint density at radius 2 is 0.877 bits per heavy atom. The van der Waals surface area contributed by atoms with Crippen molar-refractivity contribution in [3.63, 3.8) is 0 Å². The van der Waals surface area contributed by atoms with Crippen LogP contribution in [0.2, 0.25) is 0 Å². The molecule has 0 fully saturated rings. The number of rotatable bonds is 12. The molecule has 0 aliphatic heterocycles. The molecule has 1 heteroatoms. The van der Waals surface area contributed by atoms with E-state index in [-0.39, 0.29) is 0 Å². The number of fused-ring (bicyclic) bond motifs is 4. The first-order valence-corrected chi connectivity index (χ1v) is 23.7. The van der Waals surface area contributed by atoms with Crippen molar-refractivity contribution in [3.05, 3.63) is 261 Å². The Hall–Kier alpha value is -7.63. The zero-order valence-corrected chi connectivity index (χ0v) is 37.8. The van der Waals surface area contributed by atoms with Gasteiger partial charge in [0, 0.05) is 0 Å². The minimum absolute atomic E-state index is 0.775. The second-order valence-corrected chi connectivity index (χ2v) is 18.6. The summed E-state index contributed by atoms with van der Waals surface area (Å²) < 4.78 is 0. The summed E-state index contributed by atoms with van der Waals surface area (Å²) in [4.78, 5) is 0. The third-order valence-corrected chi connectivity index (χ3v) is 15.0. The lowest BCUT2D eigenvalue weighted by atomic mass is 9.82. The van der Waals surface area contributed by atoms with E-state index in [2.05, 4.69) is 252 Å². The molecule has 310 valence electrons. The predicted octanol–water partition coefficient (Wildman–Crippen LogP) is 17.5. The maximum atomic E-state index is 4.06. The van der Waals surface area contributed by atoms with E-state index < -0.39 is 7.92 Å². The Morgan fingerprint density at radius 1 is 0.385 bits per heavy atom. The van der Waals surface area contributed by atoms with E-state index in [1.165, 1.54) is 104 Å². The molecule has 1 aliphatic carbocycles. The van der Waals surface area contributed by atoms with Crippen LogP contribution in [0.25, 0.3) is 93.9 Å². The molecule has 65 heavy (non-hydrogen) atoms. The van der Waals surface area contributed by atoms with Crippen LogP contribution >= 0.6 is 7.92 Å². The SMILES string of the molecule is C=C/C=C(\C=C/C)c1ccc(-c2c3c(c(-c4ccc(-c5ccccc5)cc4)c4ccccc24)-c2ccc(-c4ccc(P(C(/C=C\C)=C/C=C)c5ccccc5)cc4)c4cccc-3c24)cc1. The van der Waals surface area contributed by atoms with Gasteiger partial charge >= 0.3 is 0 Å². The lowest BCUT2D eigenvalue weighted by Gasteiger charge is -2.21. The largest absolute Gasteiger partial charge is 0.0990 e. The van der Waals surface area contributed by atoms with Gasteiger partial charge in [0.05, 0.1) is 0 Å². The summed E-state index contributed by atoms with van der Waals surface area (Å²) in [5.74, 6) is 0. The molecule has 0 spiro atoms. The van der Waals surface area contributed by atoms with Crippen LogP contribution in [0.1, 0.15) is 19.4 Å². The van der Waals surface area contributed by atoms with E-state index in [0.717, 1.165) is 11.1 Å². The van der Waals surface area contributed by atoms with Crippen molar-refractivity contribution in [2.45, 2.75) is 13.8 Å². The van der Waals surface area contributed by atoms with Crippen molar-refractivity contribution < 1.29 is 0 Å². The normalized spacial score (nSPS) is 12.9. The summed E-state index contributed by atoms with van der Waals surface area (Å²) in [5.41, 5.74) is 17.3. The Morgan fingerprint density at radius 3 is 1.49 bits per heavy atom. The second kappa shape index (κ2) is 18.2.